The van der Waals surface area contributed by atoms with Gasteiger partial charge in [0, 0.05) is 13.0 Å². The Morgan fingerprint density at radius 1 is 1.00 bits per heavy atom. The Hall–Kier alpha value is -3.42. The molecule has 0 aliphatic rings. The van der Waals surface area contributed by atoms with Crippen molar-refractivity contribution in [2.45, 2.75) is 50.7 Å². The van der Waals surface area contributed by atoms with E-state index in [9.17, 15) is 24.0 Å². The normalized spacial score (nSPS) is 13.3. The third kappa shape index (κ3) is 12.1. The lowest BCUT2D eigenvalue weighted by molar-refractivity contribution is -0.142. The molecule has 12 N–H and O–H groups in total. The van der Waals surface area contributed by atoms with Gasteiger partial charge in [0.2, 0.25) is 23.6 Å². The highest BCUT2D eigenvalue weighted by molar-refractivity contribution is 5.92. The van der Waals surface area contributed by atoms with Crippen molar-refractivity contribution >= 4 is 35.6 Å². The van der Waals surface area contributed by atoms with E-state index in [0.29, 0.717) is 19.4 Å². The SMILES string of the molecule is CC(NC(=O)CNC(=O)C(N)CCCN=C(N)N)C(=O)NC(CCC(N)=O)C(=O)O. The first kappa shape index (κ1) is 26.6. The molecule has 0 bridgehead atoms. The molecule has 0 spiro atoms. The summed E-state index contributed by atoms with van der Waals surface area (Å²) >= 11 is 0. The van der Waals surface area contributed by atoms with Gasteiger partial charge in [-0.05, 0) is 26.2 Å². The molecule has 0 radical (unpaired) electrons. The predicted molar refractivity (Wildman–Crippen MR) is 106 cm³/mol. The van der Waals surface area contributed by atoms with Crippen molar-refractivity contribution in [3.63, 3.8) is 0 Å². The van der Waals surface area contributed by atoms with E-state index < -0.39 is 54.3 Å². The minimum absolute atomic E-state index is 0.0644. The van der Waals surface area contributed by atoms with Crippen molar-refractivity contribution in [3.05, 3.63) is 0 Å². The molecule has 0 rings (SSSR count). The molecule has 0 aliphatic heterocycles. The van der Waals surface area contributed by atoms with Gasteiger partial charge in [-0.3, -0.25) is 24.2 Å². The van der Waals surface area contributed by atoms with Gasteiger partial charge >= 0.3 is 5.97 Å². The topological polar surface area (TPSA) is 258 Å². The van der Waals surface area contributed by atoms with E-state index in [1.807, 2.05) is 0 Å². The summed E-state index contributed by atoms with van der Waals surface area (Å²) in [6, 6.07) is -3.28. The van der Waals surface area contributed by atoms with Gasteiger partial charge < -0.3 is 44.0 Å². The van der Waals surface area contributed by atoms with Gasteiger partial charge in [-0.25, -0.2) is 4.79 Å². The Morgan fingerprint density at radius 2 is 1.63 bits per heavy atom. The minimum Gasteiger partial charge on any atom is -0.480 e. The molecule has 0 saturated heterocycles. The number of nitrogens with zero attached hydrogens (tertiary/aromatic N) is 1. The number of rotatable bonds is 14. The maximum atomic E-state index is 12.0. The van der Waals surface area contributed by atoms with Gasteiger partial charge in [-0.15, -0.1) is 0 Å². The van der Waals surface area contributed by atoms with Crippen LogP contribution in [0.25, 0.3) is 0 Å². The number of guanidine groups is 1. The summed E-state index contributed by atoms with van der Waals surface area (Å²) in [5.41, 5.74) is 21.0. The molecule has 3 unspecified atom stereocenters. The van der Waals surface area contributed by atoms with E-state index in [2.05, 4.69) is 20.9 Å². The first-order valence-corrected chi connectivity index (χ1v) is 9.13. The molecule has 0 fully saturated rings. The highest BCUT2D eigenvalue weighted by Gasteiger charge is 2.24. The Bertz CT molecular complexity index is 664. The van der Waals surface area contributed by atoms with E-state index in [4.69, 9.17) is 28.0 Å². The number of nitrogens with one attached hydrogen (secondary N) is 3. The Kier molecular flexibility index (Phi) is 12.1. The summed E-state index contributed by atoms with van der Waals surface area (Å²) in [6.45, 7) is 1.22. The maximum Gasteiger partial charge on any atom is 0.326 e. The first-order valence-electron chi connectivity index (χ1n) is 9.13. The van der Waals surface area contributed by atoms with Crippen molar-refractivity contribution in [2.75, 3.05) is 13.1 Å². The summed E-state index contributed by atoms with van der Waals surface area (Å²) in [7, 11) is 0. The Morgan fingerprint density at radius 3 is 2.17 bits per heavy atom. The van der Waals surface area contributed by atoms with Gasteiger partial charge in [0.1, 0.15) is 12.1 Å². The van der Waals surface area contributed by atoms with Crippen molar-refractivity contribution in [3.8, 4) is 0 Å². The third-order valence-corrected chi connectivity index (χ3v) is 3.79. The summed E-state index contributed by atoms with van der Waals surface area (Å²) < 4.78 is 0. The van der Waals surface area contributed by atoms with Crippen LogP contribution in [-0.2, 0) is 24.0 Å². The van der Waals surface area contributed by atoms with Crippen molar-refractivity contribution < 1.29 is 29.1 Å². The number of aliphatic imine (C=N–C) groups is 1. The smallest absolute Gasteiger partial charge is 0.326 e. The number of carboxylic acid groups (broad SMARTS) is 1. The third-order valence-electron chi connectivity index (χ3n) is 3.79. The fraction of sp³-hybridized carbons (Fsp3) is 0.625. The van der Waals surface area contributed by atoms with Crippen molar-refractivity contribution in [1.82, 2.24) is 16.0 Å². The maximum absolute atomic E-state index is 12.0. The number of carbonyl (C=O) groups is 5. The molecule has 170 valence electrons. The van der Waals surface area contributed by atoms with Crippen LogP contribution in [0.1, 0.15) is 32.6 Å². The predicted octanol–water partition coefficient (Wildman–Crippen LogP) is -4.18. The highest BCUT2D eigenvalue weighted by atomic mass is 16.4. The second-order valence-electron chi connectivity index (χ2n) is 6.47. The first-order chi connectivity index (χ1) is 13.9. The highest BCUT2D eigenvalue weighted by Crippen LogP contribution is 1.99. The zero-order chi connectivity index (χ0) is 23.3. The fourth-order valence-electron chi connectivity index (χ4n) is 2.15. The van der Waals surface area contributed by atoms with Gasteiger partial charge in [-0.2, -0.15) is 0 Å². The molecule has 0 aromatic rings. The lowest BCUT2D eigenvalue weighted by atomic mass is 10.1. The van der Waals surface area contributed by atoms with E-state index in [-0.39, 0.29) is 18.8 Å². The molecule has 0 heterocycles. The molecule has 0 aliphatic carbocycles. The van der Waals surface area contributed by atoms with Crippen LogP contribution in [-0.4, -0.2) is 71.9 Å². The van der Waals surface area contributed by atoms with Crippen LogP contribution in [0.3, 0.4) is 0 Å². The van der Waals surface area contributed by atoms with Crippen LogP contribution in [0.15, 0.2) is 4.99 Å². The van der Waals surface area contributed by atoms with Gasteiger partial charge in [-0.1, -0.05) is 0 Å². The summed E-state index contributed by atoms with van der Waals surface area (Å²) in [5, 5.41) is 15.9. The van der Waals surface area contributed by atoms with Gasteiger partial charge in [0.15, 0.2) is 5.96 Å². The molecule has 0 aromatic carbocycles. The van der Waals surface area contributed by atoms with Crippen LogP contribution in [0.4, 0.5) is 0 Å². The van der Waals surface area contributed by atoms with Crippen LogP contribution < -0.4 is 38.9 Å². The van der Waals surface area contributed by atoms with Crippen LogP contribution >= 0.6 is 0 Å². The number of carboxylic acids is 1. The number of carbonyl (C=O) groups excluding carboxylic acids is 4. The Labute approximate surface area is 173 Å². The summed E-state index contributed by atoms with van der Waals surface area (Å²) in [4.78, 5) is 61.4. The minimum atomic E-state index is -1.34. The number of amides is 4. The van der Waals surface area contributed by atoms with Crippen LogP contribution in [0.2, 0.25) is 0 Å². The molecule has 3 atom stereocenters. The van der Waals surface area contributed by atoms with Crippen molar-refractivity contribution in [2.24, 2.45) is 27.9 Å². The lowest BCUT2D eigenvalue weighted by Crippen LogP contribution is -2.52. The molecule has 14 heteroatoms. The standard InChI is InChI=1S/C16H30N8O6/c1-8(13(27)24-10(15(29)30)4-5-11(18)25)23-12(26)7-22-14(28)9(17)3-2-6-21-16(19)20/h8-10H,2-7,17H2,1H3,(H2,18,25)(H,22,28)(H,23,26)(H,24,27)(H,29,30)(H4,19,20,21). The second kappa shape index (κ2) is 13.7. The number of primary amides is 1. The van der Waals surface area contributed by atoms with Crippen LogP contribution in [0.5, 0.6) is 0 Å². The quantitative estimate of drug-likeness (QED) is 0.0753. The molecular weight excluding hydrogens is 400 g/mol. The molecule has 30 heavy (non-hydrogen) atoms. The number of aliphatic carboxylic acids is 1. The average Bonchev–Trinajstić information content (AvgIpc) is 2.65. The summed E-state index contributed by atoms with van der Waals surface area (Å²) in [6.07, 6.45) is 0.353. The van der Waals surface area contributed by atoms with Crippen molar-refractivity contribution in [1.29, 1.82) is 0 Å². The summed E-state index contributed by atoms with van der Waals surface area (Å²) in [5.74, 6) is -4.13. The zero-order valence-corrected chi connectivity index (χ0v) is 16.7. The molecule has 14 nitrogen and oxygen atoms in total. The second-order valence-corrected chi connectivity index (χ2v) is 6.47. The fourth-order valence-corrected chi connectivity index (χ4v) is 2.15. The van der Waals surface area contributed by atoms with Crippen LogP contribution in [0, 0.1) is 0 Å². The lowest BCUT2D eigenvalue weighted by Gasteiger charge is -2.18. The Balaban J connectivity index is 4.36. The number of nitrogens with two attached hydrogens (primary N) is 4. The average molecular weight is 430 g/mol. The molecule has 4 amide bonds. The van der Waals surface area contributed by atoms with E-state index in [1.54, 1.807) is 0 Å². The van der Waals surface area contributed by atoms with E-state index in [0.717, 1.165) is 0 Å². The van der Waals surface area contributed by atoms with E-state index in [1.165, 1.54) is 6.92 Å². The molecule has 0 saturated carbocycles. The number of hydrogen-bond donors (Lipinski definition) is 8. The molecular formula is C16H30N8O6. The number of hydrogen-bond acceptors (Lipinski definition) is 7. The monoisotopic (exact) mass is 430 g/mol. The zero-order valence-electron chi connectivity index (χ0n) is 16.7. The van der Waals surface area contributed by atoms with Gasteiger partial charge in [0.25, 0.3) is 0 Å². The van der Waals surface area contributed by atoms with Gasteiger partial charge in [0.05, 0.1) is 12.6 Å². The van der Waals surface area contributed by atoms with E-state index >= 15 is 0 Å². The largest absolute Gasteiger partial charge is 0.480 e. The molecule has 0 aromatic heterocycles.